The Morgan fingerprint density at radius 3 is 2.79 bits per heavy atom. The van der Waals surface area contributed by atoms with Crippen molar-refractivity contribution >= 4 is 28.2 Å². The van der Waals surface area contributed by atoms with Gasteiger partial charge in [-0.3, -0.25) is 4.98 Å². The monoisotopic (exact) mass is 397 g/mol. The van der Waals surface area contributed by atoms with Crippen molar-refractivity contribution in [2.75, 3.05) is 32.1 Å². The zero-order chi connectivity index (χ0) is 19.5. The molecule has 1 aromatic heterocycles. The highest BCUT2D eigenvalue weighted by molar-refractivity contribution is 6.32. The third-order valence-corrected chi connectivity index (χ3v) is 5.65. The molecular weight excluding hydrogens is 374 g/mol. The number of phenolic OH excluding ortho intramolecular Hbond substituents is 1. The quantitative estimate of drug-likeness (QED) is 0.583. The van der Waals surface area contributed by atoms with Gasteiger partial charge in [0.05, 0.1) is 17.6 Å². The number of hydrogen-bond acceptors (Lipinski definition) is 5. The number of hydrogen-bond donors (Lipinski definition) is 3. The smallest absolute Gasteiger partial charge is 0.176 e. The second-order valence-corrected chi connectivity index (χ2v) is 7.58. The molecule has 1 aliphatic heterocycles. The predicted octanol–water partition coefficient (Wildman–Crippen LogP) is 4.68. The Kier molecular flexibility index (Phi) is 5.55. The maximum Gasteiger partial charge on any atom is 0.176 e. The van der Waals surface area contributed by atoms with E-state index in [1.165, 1.54) is 20.0 Å². The van der Waals surface area contributed by atoms with Crippen molar-refractivity contribution in [3.8, 4) is 22.6 Å². The average molecular weight is 398 g/mol. The number of piperidine rings is 1. The molecule has 4 rings (SSSR count). The molecule has 0 amide bonds. The molecule has 3 N–H and O–H groups in total. The van der Waals surface area contributed by atoms with Crippen LogP contribution in [-0.2, 0) is 0 Å². The summed E-state index contributed by atoms with van der Waals surface area (Å²) in [7, 11) is 1.52. The SMILES string of the molecule is COc1cc(-c2ccc3nccc(NCC4CCNCC4)c3c2)cc(Cl)c1O. The van der Waals surface area contributed by atoms with E-state index >= 15 is 0 Å². The maximum absolute atomic E-state index is 10.00. The topological polar surface area (TPSA) is 66.4 Å². The Morgan fingerprint density at radius 1 is 1.18 bits per heavy atom. The first-order valence-corrected chi connectivity index (χ1v) is 9.93. The highest BCUT2D eigenvalue weighted by Crippen LogP contribution is 2.39. The fourth-order valence-electron chi connectivity index (χ4n) is 3.72. The second kappa shape index (κ2) is 8.25. The fraction of sp³-hybridized carbons (Fsp3) is 0.318. The lowest BCUT2D eigenvalue weighted by Crippen LogP contribution is -2.31. The molecule has 5 nitrogen and oxygen atoms in total. The molecule has 3 aromatic rings. The van der Waals surface area contributed by atoms with Crippen LogP contribution in [0.4, 0.5) is 5.69 Å². The van der Waals surface area contributed by atoms with Crippen LogP contribution in [0, 0.1) is 5.92 Å². The Balaban J connectivity index is 1.67. The molecule has 0 unspecified atom stereocenters. The molecule has 0 aliphatic carbocycles. The molecule has 1 fully saturated rings. The zero-order valence-corrected chi connectivity index (χ0v) is 16.6. The van der Waals surface area contributed by atoms with Gasteiger partial charge in [0, 0.05) is 23.8 Å². The number of fused-ring (bicyclic) bond motifs is 1. The molecule has 146 valence electrons. The van der Waals surface area contributed by atoms with E-state index < -0.39 is 0 Å². The van der Waals surface area contributed by atoms with E-state index in [1.807, 2.05) is 24.4 Å². The molecule has 0 bridgehead atoms. The summed E-state index contributed by atoms with van der Waals surface area (Å²) in [5.41, 5.74) is 3.90. The molecule has 28 heavy (non-hydrogen) atoms. The van der Waals surface area contributed by atoms with Gasteiger partial charge in [-0.1, -0.05) is 17.7 Å². The van der Waals surface area contributed by atoms with E-state index in [0.717, 1.165) is 47.4 Å². The summed E-state index contributed by atoms with van der Waals surface area (Å²) in [5.74, 6) is 1.01. The van der Waals surface area contributed by atoms with Gasteiger partial charge < -0.3 is 20.5 Å². The van der Waals surface area contributed by atoms with E-state index in [4.69, 9.17) is 16.3 Å². The van der Waals surface area contributed by atoms with Crippen LogP contribution in [0.5, 0.6) is 11.5 Å². The highest BCUT2D eigenvalue weighted by Gasteiger charge is 2.14. The van der Waals surface area contributed by atoms with Crippen molar-refractivity contribution in [3.63, 3.8) is 0 Å². The summed E-state index contributed by atoms with van der Waals surface area (Å²) in [6.45, 7) is 3.15. The lowest BCUT2D eigenvalue weighted by atomic mass is 9.98. The maximum atomic E-state index is 10.00. The first kappa shape index (κ1) is 18.8. The van der Waals surface area contributed by atoms with E-state index in [-0.39, 0.29) is 10.8 Å². The van der Waals surface area contributed by atoms with E-state index in [1.54, 1.807) is 12.1 Å². The van der Waals surface area contributed by atoms with Crippen LogP contribution in [0.3, 0.4) is 0 Å². The summed E-state index contributed by atoms with van der Waals surface area (Å²) >= 11 is 6.17. The van der Waals surface area contributed by atoms with Gasteiger partial charge in [0.25, 0.3) is 0 Å². The number of ether oxygens (including phenoxy) is 1. The minimum absolute atomic E-state index is 0.0419. The predicted molar refractivity (Wildman–Crippen MR) is 114 cm³/mol. The first-order chi connectivity index (χ1) is 13.7. The van der Waals surface area contributed by atoms with Crippen molar-refractivity contribution in [1.29, 1.82) is 0 Å². The molecular formula is C22H24ClN3O2. The number of halogens is 1. The van der Waals surface area contributed by atoms with Crippen LogP contribution in [0.1, 0.15) is 12.8 Å². The molecule has 0 saturated carbocycles. The largest absolute Gasteiger partial charge is 0.503 e. The van der Waals surface area contributed by atoms with Crippen LogP contribution < -0.4 is 15.4 Å². The van der Waals surface area contributed by atoms with Crippen LogP contribution in [0.2, 0.25) is 5.02 Å². The molecule has 2 heterocycles. The van der Waals surface area contributed by atoms with Gasteiger partial charge in [-0.15, -0.1) is 0 Å². The van der Waals surface area contributed by atoms with Crippen molar-refractivity contribution in [1.82, 2.24) is 10.3 Å². The summed E-state index contributed by atoms with van der Waals surface area (Å²) in [6, 6.07) is 11.7. The van der Waals surface area contributed by atoms with Gasteiger partial charge in [0.1, 0.15) is 0 Å². The Bertz CT molecular complexity index is 987. The Labute approximate surface area is 169 Å². The normalized spacial score (nSPS) is 14.9. The molecule has 1 aliphatic rings. The van der Waals surface area contributed by atoms with Gasteiger partial charge in [-0.2, -0.15) is 0 Å². The number of aromatic nitrogens is 1. The summed E-state index contributed by atoms with van der Waals surface area (Å²) < 4.78 is 5.24. The summed E-state index contributed by atoms with van der Waals surface area (Å²) in [6.07, 6.45) is 4.24. The first-order valence-electron chi connectivity index (χ1n) is 9.56. The molecule has 0 radical (unpaired) electrons. The molecule has 1 saturated heterocycles. The number of methoxy groups -OCH3 is 1. The van der Waals surface area contributed by atoms with Crippen LogP contribution in [0.15, 0.2) is 42.6 Å². The summed E-state index contributed by atoms with van der Waals surface area (Å²) in [5, 5.41) is 18.4. The standard InChI is InChI=1S/C22H24ClN3O2/c1-28-21-12-16(11-18(23)22(21)27)15-2-3-19-17(10-15)20(6-9-25-19)26-13-14-4-7-24-8-5-14/h2-3,6,9-12,14,24,27H,4-5,7-8,13H2,1H3,(H,25,26). The molecule has 0 spiro atoms. The van der Waals surface area contributed by atoms with Crippen molar-refractivity contribution in [2.24, 2.45) is 5.92 Å². The minimum atomic E-state index is -0.0419. The lowest BCUT2D eigenvalue weighted by Gasteiger charge is -2.23. The van der Waals surface area contributed by atoms with Crippen LogP contribution in [0.25, 0.3) is 22.0 Å². The van der Waals surface area contributed by atoms with Gasteiger partial charge in [-0.05, 0) is 73.3 Å². The van der Waals surface area contributed by atoms with Crippen molar-refractivity contribution in [2.45, 2.75) is 12.8 Å². The van der Waals surface area contributed by atoms with E-state index in [0.29, 0.717) is 11.7 Å². The van der Waals surface area contributed by atoms with E-state index in [2.05, 4.69) is 21.7 Å². The zero-order valence-electron chi connectivity index (χ0n) is 15.8. The number of nitrogens with one attached hydrogen (secondary N) is 2. The van der Waals surface area contributed by atoms with Gasteiger partial charge in [0.2, 0.25) is 0 Å². The van der Waals surface area contributed by atoms with Gasteiger partial charge in [0.15, 0.2) is 11.5 Å². The van der Waals surface area contributed by atoms with Crippen LogP contribution >= 0.6 is 11.6 Å². The molecule has 0 atom stereocenters. The number of nitrogens with zero attached hydrogens (tertiary/aromatic N) is 1. The van der Waals surface area contributed by atoms with Gasteiger partial charge >= 0.3 is 0 Å². The Morgan fingerprint density at radius 2 is 2.00 bits per heavy atom. The van der Waals surface area contributed by atoms with Crippen molar-refractivity contribution in [3.05, 3.63) is 47.6 Å². The van der Waals surface area contributed by atoms with Crippen molar-refractivity contribution < 1.29 is 9.84 Å². The lowest BCUT2D eigenvalue weighted by molar-refractivity contribution is 0.374. The molecule has 6 heteroatoms. The minimum Gasteiger partial charge on any atom is -0.503 e. The third-order valence-electron chi connectivity index (χ3n) is 5.36. The number of rotatable bonds is 5. The fourth-order valence-corrected chi connectivity index (χ4v) is 3.93. The average Bonchev–Trinajstić information content (AvgIpc) is 2.74. The van der Waals surface area contributed by atoms with E-state index in [9.17, 15) is 5.11 Å². The summed E-state index contributed by atoms with van der Waals surface area (Å²) in [4.78, 5) is 4.50. The second-order valence-electron chi connectivity index (χ2n) is 7.17. The highest BCUT2D eigenvalue weighted by atomic mass is 35.5. The Hall–Kier alpha value is -2.50. The van der Waals surface area contributed by atoms with Crippen LogP contribution in [-0.4, -0.2) is 36.8 Å². The number of aromatic hydroxyl groups is 1. The number of pyridine rings is 1. The number of benzene rings is 2. The number of phenols is 1. The number of anilines is 1. The molecule has 2 aromatic carbocycles. The third kappa shape index (κ3) is 3.86. The van der Waals surface area contributed by atoms with Gasteiger partial charge in [-0.25, -0.2) is 0 Å².